The third kappa shape index (κ3) is 2.86. The predicted octanol–water partition coefficient (Wildman–Crippen LogP) is 4.16. The van der Waals surface area contributed by atoms with E-state index in [2.05, 4.69) is 32.9 Å². The summed E-state index contributed by atoms with van der Waals surface area (Å²) in [6.07, 6.45) is 0. The van der Waals surface area contributed by atoms with Crippen LogP contribution >= 0.6 is 33.9 Å². The zero-order chi connectivity index (χ0) is 14.8. The molecule has 1 N–H and O–H groups in total. The molecule has 4 nitrogen and oxygen atoms in total. The zero-order valence-corrected chi connectivity index (χ0v) is 14.1. The maximum absolute atomic E-state index is 12.2. The Kier molecular flexibility index (Phi) is 4.07. The highest BCUT2D eigenvalue weighted by Crippen LogP contribution is 2.35. The average Bonchev–Trinajstić information content (AvgIpc) is 2.93. The fraction of sp³-hybridized carbons (Fsp3) is 0.0667. The molecule has 21 heavy (non-hydrogen) atoms. The van der Waals surface area contributed by atoms with Gasteiger partial charge < -0.3 is 4.74 Å². The van der Waals surface area contributed by atoms with Crippen molar-refractivity contribution in [2.24, 2.45) is 0 Å². The molecule has 0 atom stereocenters. The number of benzene rings is 2. The zero-order valence-electron chi connectivity index (χ0n) is 11.1. The Morgan fingerprint density at radius 2 is 2.00 bits per heavy atom. The second kappa shape index (κ2) is 5.98. The standard InChI is InChI=1S/C15H11IN2O2S/c1-20-11-8-7-10(16)13-12(11)17-15(21-13)18-14(19)9-5-3-2-4-6-9/h2-8H,1H3,(H,17,18,19). The number of anilines is 1. The van der Waals surface area contributed by atoms with Gasteiger partial charge in [-0.15, -0.1) is 0 Å². The molecule has 0 radical (unpaired) electrons. The summed E-state index contributed by atoms with van der Waals surface area (Å²) in [7, 11) is 1.61. The Bertz CT molecular complexity index is 802. The molecule has 1 amide bonds. The molecule has 1 aromatic heterocycles. The average molecular weight is 410 g/mol. The number of hydrogen-bond acceptors (Lipinski definition) is 4. The summed E-state index contributed by atoms with van der Waals surface area (Å²) >= 11 is 3.70. The number of aromatic nitrogens is 1. The van der Waals surface area contributed by atoms with E-state index >= 15 is 0 Å². The monoisotopic (exact) mass is 410 g/mol. The molecule has 106 valence electrons. The molecule has 0 aliphatic carbocycles. The number of nitrogens with one attached hydrogen (secondary N) is 1. The Hall–Kier alpha value is -1.67. The number of nitrogens with zero attached hydrogens (tertiary/aromatic N) is 1. The summed E-state index contributed by atoms with van der Waals surface area (Å²) in [6.45, 7) is 0. The highest BCUT2D eigenvalue weighted by atomic mass is 127. The molecule has 3 aromatic rings. The van der Waals surface area contributed by atoms with E-state index in [-0.39, 0.29) is 5.91 Å². The summed E-state index contributed by atoms with van der Waals surface area (Å²) in [5.41, 5.74) is 1.39. The first kappa shape index (κ1) is 14.3. The van der Waals surface area contributed by atoms with E-state index in [9.17, 15) is 4.79 Å². The molecule has 1 heterocycles. The molecule has 0 fully saturated rings. The van der Waals surface area contributed by atoms with Crippen LogP contribution < -0.4 is 10.1 Å². The van der Waals surface area contributed by atoms with Gasteiger partial charge in [0, 0.05) is 9.13 Å². The summed E-state index contributed by atoms with van der Waals surface area (Å²) in [5, 5.41) is 3.41. The van der Waals surface area contributed by atoms with Gasteiger partial charge in [-0.2, -0.15) is 0 Å². The predicted molar refractivity (Wildman–Crippen MR) is 93.3 cm³/mol. The molecule has 0 aliphatic heterocycles. The number of halogens is 1. The van der Waals surface area contributed by atoms with Gasteiger partial charge in [0.15, 0.2) is 5.13 Å². The molecular formula is C15H11IN2O2S. The van der Waals surface area contributed by atoms with Crippen LogP contribution in [0.1, 0.15) is 10.4 Å². The van der Waals surface area contributed by atoms with Crippen LogP contribution in [-0.4, -0.2) is 18.0 Å². The number of amides is 1. The van der Waals surface area contributed by atoms with Gasteiger partial charge in [-0.3, -0.25) is 10.1 Å². The lowest BCUT2D eigenvalue weighted by Gasteiger charge is -2.01. The topological polar surface area (TPSA) is 51.2 Å². The number of hydrogen-bond donors (Lipinski definition) is 1. The van der Waals surface area contributed by atoms with Crippen molar-refractivity contribution >= 4 is 55.2 Å². The van der Waals surface area contributed by atoms with Crippen molar-refractivity contribution < 1.29 is 9.53 Å². The summed E-state index contributed by atoms with van der Waals surface area (Å²) in [4.78, 5) is 16.6. The van der Waals surface area contributed by atoms with E-state index < -0.39 is 0 Å². The lowest BCUT2D eigenvalue weighted by atomic mass is 10.2. The largest absolute Gasteiger partial charge is 0.494 e. The third-order valence-electron chi connectivity index (χ3n) is 2.93. The minimum absolute atomic E-state index is 0.163. The van der Waals surface area contributed by atoms with Crippen LogP contribution in [0.4, 0.5) is 5.13 Å². The van der Waals surface area contributed by atoms with Gasteiger partial charge in [0.25, 0.3) is 5.91 Å². The van der Waals surface area contributed by atoms with Crippen LogP contribution in [0.3, 0.4) is 0 Å². The van der Waals surface area contributed by atoms with Crippen molar-refractivity contribution in [3.05, 3.63) is 51.6 Å². The van der Waals surface area contributed by atoms with Gasteiger partial charge in [0.2, 0.25) is 0 Å². The van der Waals surface area contributed by atoms with Crippen LogP contribution in [0.25, 0.3) is 10.2 Å². The lowest BCUT2D eigenvalue weighted by molar-refractivity contribution is 0.102. The number of ether oxygens (including phenoxy) is 1. The number of rotatable bonds is 3. The number of fused-ring (bicyclic) bond motifs is 1. The van der Waals surface area contributed by atoms with Gasteiger partial charge in [-0.25, -0.2) is 4.98 Å². The fourth-order valence-corrected chi connectivity index (χ4v) is 3.58. The minimum Gasteiger partial charge on any atom is -0.494 e. The van der Waals surface area contributed by atoms with Crippen molar-refractivity contribution in [1.82, 2.24) is 4.98 Å². The maximum Gasteiger partial charge on any atom is 0.257 e. The van der Waals surface area contributed by atoms with Crippen LogP contribution in [0.2, 0.25) is 0 Å². The van der Waals surface area contributed by atoms with Gasteiger partial charge in [0.1, 0.15) is 11.3 Å². The van der Waals surface area contributed by atoms with E-state index in [4.69, 9.17) is 4.74 Å². The highest BCUT2D eigenvalue weighted by Gasteiger charge is 2.14. The summed E-state index contributed by atoms with van der Waals surface area (Å²) in [6, 6.07) is 12.9. The lowest BCUT2D eigenvalue weighted by Crippen LogP contribution is -2.11. The first-order valence-corrected chi connectivity index (χ1v) is 8.08. The SMILES string of the molecule is COc1ccc(I)c2sc(NC(=O)c3ccccc3)nc12. The molecule has 2 aromatic carbocycles. The van der Waals surface area contributed by atoms with Gasteiger partial charge in [0.05, 0.1) is 11.8 Å². The van der Waals surface area contributed by atoms with Gasteiger partial charge in [-0.05, 0) is 46.9 Å². The van der Waals surface area contributed by atoms with E-state index in [1.807, 2.05) is 30.3 Å². The maximum atomic E-state index is 12.2. The van der Waals surface area contributed by atoms with Crippen LogP contribution in [0.15, 0.2) is 42.5 Å². The molecule has 0 aliphatic rings. The minimum atomic E-state index is -0.163. The number of carbonyl (C=O) groups is 1. The van der Waals surface area contributed by atoms with Crippen molar-refractivity contribution in [2.75, 3.05) is 12.4 Å². The number of thiazole rings is 1. The van der Waals surface area contributed by atoms with Crippen LogP contribution in [0.5, 0.6) is 5.75 Å². The van der Waals surface area contributed by atoms with Crippen LogP contribution in [-0.2, 0) is 0 Å². The van der Waals surface area contributed by atoms with E-state index in [1.165, 1.54) is 11.3 Å². The molecule has 0 saturated carbocycles. The van der Waals surface area contributed by atoms with E-state index in [0.717, 1.165) is 13.8 Å². The van der Waals surface area contributed by atoms with Gasteiger partial charge in [-0.1, -0.05) is 29.5 Å². The van der Waals surface area contributed by atoms with Crippen molar-refractivity contribution in [3.63, 3.8) is 0 Å². The molecule has 0 spiro atoms. The number of methoxy groups -OCH3 is 1. The fourth-order valence-electron chi connectivity index (χ4n) is 1.93. The summed E-state index contributed by atoms with van der Waals surface area (Å²) in [5.74, 6) is 0.547. The second-order valence-electron chi connectivity index (χ2n) is 4.27. The summed E-state index contributed by atoms with van der Waals surface area (Å²) < 4.78 is 7.41. The Morgan fingerprint density at radius 3 is 2.71 bits per heavy atom. The smallest absolute Gasteiger partial charge is 0.257 e. The van der Waals surface area contributed by atoms with Crippen molar-refractivity contribution in [2.45, 2.75) is 0 Å². The van der Waals surface area contributed by atoms with E-state index in [0.29, 0.717) is 16.4 Å². The molecular weight excluding hydrogens is 399 g/mol. The first-order chi connectivity index (χ1) is 10.2. The van der Waals surface area contributed by atoms with Crippen molar-refractivity contribution in [3.8, 4) is 5.75 Å². The van der Waals surface area contributed by atoms with Gasteiger partial charge >= 0.3 is 0 Å². The molecule has 0 bridgehead atoms. The third-order valence-corrected chi connectivity index (χ3v) is 5.20. The normalized spacial score (nSPS) is 10.6. The van der Waals surface area contributed by atoms with Crippen LogP contribution in [0, 0.1) is 3.57 Å². The Morgan fingerprint density at radius 1 is 1.24 bits per heavy atom. The number of carbonyl (C=O) groups excluding carboxylic acids is 1. The Balaban J connectivity index is 1.95. The quantitative estimate of drug-likeness (QED) is 0.660. The molecule has 0 saturated heterocycles. The molecule has 6 heteroatoms. The second-order valence-corrected chi connectivity index (χ2v) is 6.43. The first-order valence-electron chi connectivity index (χ1n) is 6.18. The van der Waals surface area contributed by atoms with Crippen molar-refractivity contribution in [1.29, 1.82) is 0 Å². The van der Waals surface area contributed by atoms with E-state index in [1.54, 1.807) is 19.2 Å². The molecule has 3 rings (SSSR count). The highest BCUT2D eigenvalue weighted by molar-refractivity contribution is 14.1. The molecule has 0 unspecified atom stereocenters. The Labute approximate surface area is 139 Å².